The number of pyridine rings is 2. The van der Waals surface area contributed by atoms with Gasteiger partial charge >= 0.3 is 0 Å². The third-order valence-electron chi connectivity index (χ3n) is 7.08. The molecule has 3 aromatic heterocycles. The summed E-state index contributed by atoms with van der Waals surface area (Å²) in [4.78, 5) is 9.74. The quantitative estimate of drug-likeness (QED) is 0.356. The molecular formula is C27H26F2N4O. The predicted molar refractivity (Wildman–Crippen MR) is 126 cm³/mol. The number of benzene rings is 1. The van der Waals surface area contributed by atoms with Crippen molar-refractivity contribution < 1.29 is 13.5 Å². The monoisotopic (exact) mass is 460 g/mol. The van der Waals surface area contributed by atoms with E-state index < -0.39 is 11.6 Å². The second-order valence-electron chi connectivity index (χ2n) is 9.54. The fourth-order valence-electron chi connectivity index (χ4n) is 4.84. The van der Waals surface area contributed by atoms with Crippen LogP contribution >= 0.6 is 0 Å². The second-order valence-corrected chi connectivity index (χ2v) is 9.54. The first-order valence-electron chi connectivity index (χ1n) is 11.9. The van der Waals surface area contributed by atoms with Crippen LogP contribution in [0.1, 0.15) is 66.3 Å². The minimum absolute atomic E-state index is 0.0533. The number of ether oxygens (including phenoxy) is 1. The zero-order chi connectivity index (χ0) is 23.4. The summed E-state index contributed by atoms with van der Waals surface area (Å²) >= 11 is 0. The predicted octanol–water partition coefficient (Wildman–Crippen LogP) is 6.36. The minimum atomic E-state index is -0.624. The molecule has 2 atom stereocenters. The summed E-state index contributed by atoms with van der Waals surface area (Å²) in [5.41, 5.74) is 5.45. The third-order valence-corrected chi connectivity index (χ3v) is 7.08. The standard InChI is InChI=1S/C27H26F2N4O/c1-15-9-22-25(31-16(15)2)12-24(32-27(22)21-6-3-19(28)11-23(21)29)17-7-8-34-26(10-17)18-13-30-33(14-18)20-4-5-20/h3,6,9,11-14,17,20,26H,4-5,7-8,10H2,1-2H3/t17-,26+/m0/s1. The molecule has 2 aliphatic rings. The van der Waals surface area contributed by atoms with Crippen LogP contribution < -0.4 is 0 Å². The first kappa shape index (κ1) is 21.4. The molecule has 1 saturated carbocycles. The van der Waals surface area contributed by atoms with Crippen molar-refractivity contribution in [1.29, 1.82) is 0 Å². The molecule has 0 unspecified atom stereocenters. The third kappa shape index (κ3) is 3.88. The van der Waals surface area contributed by atoms with Crippen LogP contribution in [-0.4, -0.2) is 26.4 Å². The maximum Gasteiger partial charge on any atom is 0.135 e. The summed E-state index contributed by atoms with van der Waals surface area (Å²) in [5, 5.41) is 5.29. The van der Waals surface area contributed by atoms with Gasteiger partial charge in [0, 0.05) is 52.7 Å². The molecule has 4 aromatic rings. The summed E-state index contributed by atoms with van der Waals surface area (Å²) in [7, 11) is 0. The van der Waals surface area contributed by atoms with Crippen molar-refractivity contribution >= 4 is 10.9 Å². The maximum atomic E-state index is 14.8. The number of fused-ring (bicyclic) bond motifs is 1. The second kappa shape index (κ2) is 8.24. The van der Waals surface area contributed by atoms with Crippen LogP contribution in [0.25, 0.3) is 22.2 Å². The van der Waals surface area contributed by atoms with Gasteiger partial charge in [-0.2, -0.15) is 5.10 Å². The molecule has 1 aromatic carbocycles. The van der Waals surface area contributed by atoms with E-state index in [0.717, 1.165) is 52.3 Å². The first-order valence-corrected chi connectivity index (χ1v) is 11.9. The van der Waals surface area contributed by atoms with E-state index in [-0.39, 0.29) is 17.6 Å². The number of hydrogen-bond acceptors (Lipinski definition) is 4. The highest BCUT2D eigenvalue weighted by atomic mass is 19.1. The van der Waals surface area contributed by atoms with Crippen LogP contribution in [0.15, 0.2) is 42.7 Å². The van der Waals surface area contributed by atoms with E-state index in [9.17, 15) is 8.78 Å². The van der Waals surface area contributed by atoms with Gasteiger partial charge in [0.1, 0.15) is 11.6 Å². The largest absolute Gasteiger partial charge is 0.373 e. The summed E-state index contributed by atoms with van der Waals surface area (Å²) in [6.07, 6.45) is 7.92. The van der Waals surface area contributed by atoms with Crippen LogP contribution in [0.2, 0.25) is 0 Å². The molecular weight excluding hydrogens is 434 g/mol. The molecule has 1 aliphatic carbocycles. The lowest BCUT2D eigenvalue weighted by Crippen LogP contribution is -2.19. The average Bonchev–Trinajstić information content (AvgIpc) is 3.56. The maximum absolute atomic E-state index is 14.8. The Kier molecular flexibility index (Phi) is 5.17. The van der Waals surface area contributed by atoms with Gasteiger partial charge in [-0.1, -0.05) is 0 Å². The molecule has 0 amide bonds. The molecule has 1 saturated heterocycles. The molecule has 6 rings (SSSR count). The first-order chi connectivity index (χ1) is 16.5. The molecule has 34 heavy (non-hydrogen) atoms. The highest BCUT2D eigenvalue weighted by Gasteiger charge is 2.30. The van der Waals surface area contributed by atoms with E-state index in [4.69, 9.17) is 14.7 Å². The fourth-order valence-corrected chi connectivity index (χ4v) is 4.84. The normalized spacial score (nSPS) is 20.7. The molecule has 1 aliphatic heterocycles. The van der Waals surface area contributed by atoms with Gasteiger partial charge in [-0.3, -0.25) is 14.6 Å². The topological polar surface area (TPSA) is 52.8 Å². The average molecular weight is 461 g/mol. The summed E-state index contributed by atoms with van der Waals surface area (Å²) < 4.78 is 36.6. The van der Waals surface area contributed by atoms with Gasteiger partial charge in [0.05, 0.1) is 29.6 Å². The minimum Gasteiger partial charge on any atom is -0.373 e. The van der Waals surface area contributed by atoms with E-state index >= 15 is 0 Å². The molecule has 174 valence electrons. The Morgan fingerprint density at radius 1 is 1.03 bits per heavy atom. The zero-order valence-electron chi connectivity index (χ0n) is 19.3. The van der Waals surface area contributed by atoms with E-state index in [1.54, 1.807) is 0 Å². The molecule has 5 nitrogen and oxygen atoms in total. The van der Waals surface area contributed by atoms with Gasteiger partial charge in [-0.15, -0.1) is 0 Å². The summed E-state index contributed by atoms with van der Waals surface area (Å²) in [6.45, 7) is 4.56. The lowest BCUT2D eigenvalue weighted by atomic mass is 9.89. The van der Waals surface area contributed by atoms with Crippen LogP contribution in [0.5, 0.6) is 0 Å². The molecule has 0 radical (unpaired) electrons. The molecule has 0 N–H and O–H groups in total. The van der Waals surface area contributed by atoms with Crippen molar-refractivity contribution in [2.24, 2.45) is 0 Å². The van der Waals surface area contributed by atoms with E-state index in [1.165, 1.54) is 25.0 Å². The van der Waals surface area contributed by atoms with Crippen molar-refractivity contribution in [1.82, 2.24) is 19.7 Å². The van der Waals surface area contributed by atoms with Gasteiger partial charge in [0.2, 0.25) is 0 Å². The lowest BCUT2D eigenvalue weighted by molar-refractivity contribution is 0.00463. The Labute approximate surface area is 196 Å². The molecule has 0 bridgehead atoms. The Morgan fingerprint density at radius 2 is 1.88 bits per heavy atom. The summed E-state index contributed by atoms with van der Waals surface area (Å²) in [5.74, 6) is -1.09. The number of aryl methyl sites for hydroxylation is 2. The van der Waals surface area contributed by atoms with Gasteiger partial charge in [-0.25, -0.2) is 8.78 Å². The zero-order valence-corrected chi connectivity index (χ0v) is 19.3. The Hall–Kier alpha value is -3.19. The van der Waals surface area contributed by atoms with Crippen molar-refractivity contribution in [3.05, 3.63) is 76.9 Å². The van der Waals surface area contributed by atoms with Crippen LogP contribution in [0, 0.1) is 25.5 Å². The number of aromatic nitrogens is 4. The molecule has 0 spiro atoms. The number of rotatable bonds is 4. The van der Waals surface area contributed by atoms with E-state index in [1.807, 2.05) is 36.9 Å². The van der Waals surface area contributed by atoms with Crippen LogP contribution in [-0.2, 0) is 4.74 Å². The molecule has 7 heteroatoms. The number of hydrogen-bond donors (Lipinski definition) is 0. The van der Waals surface area contributed by atoms with Crippen LogP contribution in [0.4, 0.5) is 8.78 Å². The number of halogens is 2. The summed E-state index contributed by atoms with van der Waals surface area (Å²) in [6, 6.07) is 8.19. The molecule has 4 heterocycles. The van der Waals surface area contributed by atoms with Crippen LogP contribution in [0.3, 0.4) is 0 Å². The van der Waals surface area contributed by atoms with Gasteiger partial charge in [-0.05, 0) is 69.4 Å². The number of nitrogens with zero attached hydrogens (tertiary/aromatic N) is 4. The highest BCUT2D eigenvalue weighted by molar-refractivity contribution is 5.93. The Bertz CT molecular complexity index is 1400. The fraction of sp³-hybridized carbons (Fsp3) is 0.370. The highest BCUT2D eigenvalue weighted by Crippen LogP contribution is 2.41. The van der Waals surface area contributed by atoms with E-state index in [0.29, 0.717) is 18.3 Å². The lowest BCUT2D eigenvalue weighted by Gasteiger charge is -2.29. The van der Waals surface area contributed by atoms with Gasteiger partial charge in [0.25, 0.3) is 0 Å². The smallest absolute Gasteiger partial charge is 0.135 e. The van der Waals surface area contributed by atoms with Gasteiger partial charge in [0.15, 0.2) is 0 Å². The SMILES string of the molecule is Cc1cc2c(-c3ccc(F)cc3F)nc([C@H]3CCO[C@@H](c4cnn(C5CC5)c4)C3)cc2nc1C. The molecule has 2 fully saturated rings. The van der Waals surface area contributed by atoms with Crippen molar-refractivity contribution in [3.8, 4) is 11.3 Å². The Balaban J connectivity index is 1.41. The van der Waals surface area contributed by atoms with Crippen molar-refractivity contribution in [2.45, 2.75) is 57.6 Å². The Morgan fingerprint density at radius 3 is 2.68 bits per heavy atom. The van der Waals surface area contributed by atoms with Crippen molar-refractivity contribution in [2.75, 3.05) is 6.61 Å². The van der Waals surface area contributed by atoms with E-state index in [2.05, 4.69) is 11.3 Å². The van der Waals surface area contributed by atoms with Gasteiger partial charge < -0.3 is 4.74 Å². The van der Waals surface area contributed by atoms with Crippen molar-refractivity contribution in [3.63, 3.8) is 0 Å².